The topological polar surface area (TPSA) is 90.2 Å². The summed E-state index contributed by atoms with van der Waals surface area (Å²) < 4.78 is 0. The van der Waals surface area contributed by atoms with Crippen molar-refractivity contribution in [1.82, 2.24) is 35.1 Å². The Morgan fingerprint density at radius 2 is 1.38 bits per heavy atom. The van der Waals surface area contributed by atoms with Crippen molar-refractivity contribution in [3.05, 3.63) is 79.8 Å². The maximum atomic E-state index is 4.56. The van der Waals surface area contributed by atoms with Crippen LogP contribution < -0.4 is 0 Å². The Bertz CT molecular complexity index is 1130. The third-order valence-electron chi connectivity index (χ3n) is 4.22. The Hall–Kier alpha value is -3.91. The molecule has 138 valence electrons. The zero-order valence-corrected chi connectivity index (χ0v) is 15.9. The summed E-state index contributed by atoms with van der Waals surface area (Å²) in [5, 5.41) is 8.44. The third-order valence-corrected chi connectivity index (χ3v) is 5.45. The van der Waals surface area contributed by atoms with Gasteiger partial charge in [0.15, 0.2) is 5.82 Å². The second kappa shape index (κ2) is 7.61. The molecule has 0 saturated heterocycles. The average Bonchev–Trinajstić information content (AvgIpc) is 3.22. The Balaban J connectivity index is 1.89. The highest BCUT2D eigenvalue weighted by Gasteiger charge is 2.26. The molecular formula is C21H13N7S. The first-order chi connectivity index (χ1) is 14.4. The summed E-state index contributed by atoms with van der Waals surface area (Å²) in [5.74, 6) is 0.597. The highest BCUT2D eigenvalue weighted by molar-refractivity contribution is 7.20. The maximum Gasteiger partial charge on any atom is 0.161 e. The fraction of sp³-hybridized carbons (Fsp3) is 0. The zero-order chi connectivity index (χ0) is 19.5. The number of pyridine rings is 1. The molecule has 5 aromatic rings. The van der Waals surface area contributed by atoms with E-state index in [1.807, 2.05) is 30.3 Å². The van der Waals surface area contributed by atoms with Gasteiger partial charge >= 0.3 is 0 Å². The molecule has 0 aliphatic rings. The van der Waals surface area contributed by atoms with Crippen LogP contribution in [0.1, 0.15) is 0 Å². The fourth-order valence-electron chi connectivity index (χ4n) is 3.03. The number of thiophene rings is 1. The minimum absolute atomic E-state index is 0.597. The number of rotatable bonds is 4. The van der Waals surface area contributed by atoms with Crippen LogP contribution >= 0.6 is 11.3 Å². The molecule has 0 aromatic carbocycles. The van der Waals surface area contributed by atoms with Crippen LogP contribution in [-0.4, -0.2) is 35.1 Å². The van der Waals surface area contributed by atoms with Crippen LogP contribution in [0, 0.1) is 0 Å². The van der Waals surface area contributed by atoms with Gasteiger partial charge in [-0.1, -0.05) is 6.07 Å². The Morgan fingerprint density at radius 1 is 0.586 bits per heavy atom. The molecule has 5 aromatic heterocycles. The van der Waals surface area contributed by atoms with E-state index in [0.29, 0.717) is 11.5 Å². The van der Waals surface area contributed by atoms with Gasteiger partial charge in [-0.15, -0.1) is 11.3 Å². The van der Waals surface area contributed by atoms with Gasteiger partial charge in [0, 0.05) is 48.3 Å². The van der Waals surface area contributed by atoms with Crippen molar-refractivity contribution in [3.8, 4) is 43.8 Å². The Labute approximate surface area is 170 Å². The van der Waals surface area contributed by atoms with Crippen molar-refractivity contribution in [1.29, 1.82) is 0 Å². The van der Waals surface area contributed by atoms with Gasteiger partial charge in [-0.3, -0.25) is 15.0 Å². The number of hydrogen-bond donors (Lipinski definition) is 0. The molecule has 0 atom stereocenters. The van der Waals surface area contributed by atoms with Gasteiger partial charge in [-0.05, 0) is 30.3 Å². The second-order valence-electron chi connectivity index (χ2n) is 6.00. The molecule has 0 unspecified atom stereocenters. The number of hydrogen-bond acceptors (Lipinski definition) is 8. The van der Waals surface area contributed by atoms with Gasteiger partial charge < -0.3 is 0 Å². The monoisotopic (exact) mass is 395 g/mol. The summed E-state index contributed by atoms with van der Waals surface area (Å²) in [7, 11) is 0. The van der Waals surface area contributed by atoms with Crippen LogP contribution in [0.15, 0.2) is 79.8 Å². The quantitative estimate of drug-likeness (QED) is 0.451. The lowest BCUT2D eigenvalue weighted by atomic mass is 10.0. The van der Waals surface area contributed by atoms with E-state index in [1.54, 1.807) is 60.8 Å². The third kappa shape index (κ3) is 3.26. The average molecular weight is 395 g/mol. The SMILES string of the molecule is c1ccc(-c2sc(-c3cnccn3)c(-c3cccnn3)c2-c2ncccn2)nc1. The zero-order valence-electron chi connectivity index (χ0n) is 15.0. The van der Waals surface area contributed by atoms with E-state index < -0.39 is 0 Å². The predicted octanol–water partition coefficient (Wildman–Crippen LogP) is 4.18. The van der Waals surface area contributed by atoms with E-state index in [0.717, 1.165) is 32.3 Å². The van der Waals surface area contributed by atoms with Crippen molar-refractivity contribution in [3.63, 3.8) is 0 Å². The van der Waals surface area contributed by atoms with Gasteiger partial charge in [-0.25, -0.2) is 9.97 Å². The molecule has 5 heterocycles. The number of aromatic nitrogens is 7. The minimum atomic E-state index is 0.597. The number of nitrogens with zero attached hydrogens (tertiary/aromatic N) is 7. The second-order valence-corrected chi connectivity index (χ2v) is 7.02. The van der Waals surface area contributed by atoms with Crippen LogP contribution in [0.3, 0.4) is 0 Å². The van der Waals surface area contributed by atoms with E-state index in [1.165, 1.54) is 0 Å². The predicted molar refractivity (Wildman–Crippen MR) is 111 cm³/mol. The Morgan fingerprint density at radius 3 is 2.10 bits per heavy atom. The van der Waals surface area contributed by atoms with Crippen LogP contribution in [0.2, 0.25) is 0 Å². The molecule has 7 nitrogen and oxygen atoms in total. The standard InChI is InChI=1S/C21H13N7S/c1-2-7-23-15(5-1)19-18(21-25-8-4-9-26-21)17(14-6-3-10-27-28-14)20(29-19)16-13-22-11-12-24-16/h1-13H. The summed E-state index contributed by atoms with van der Waals surface area (Å²) in [6.45, 7) is 0. The van der Waals surface area contributed by atoms with E-state index >= 15 is 0 Å². The van der Waals surface area contributed by atoms with Crippen LogP contribution in [0.25, 0.3) is 43.8 Å². The highest BCUT2D eigenvalue weighted by Crippen LogP contribution is 2.49. The van der Waals surface area contributed by atoms with Gasteiger partial charge in [0.2, 0.25) is 0 Å². The summed E-state index contributed by atoms with van der Waals surface area (Å²) >= 11 is 1.57. The summed E-state index contributed by atoms with van der Waals surface area (Å²) in [6.07, 6.45) is 11.9. The first kappa shape index (κ1) is 17.2. The van der Waals surface area contributed by atoms with Crippen molar-refractivity contribution >= 4 is 11.3 Å². The van der Waals surface area contributed by atoms with Gasteiger partial charge in [0.25, 0.3) is 0 Å². The first-order valence-corrected chi connectivity index (χ1v) is 9.63. The smallest absolute Gasteiger partial charge is 0.161 e. The molecular weight excluding hydrogens is 382 g/mol. The normalized spacial score (nSPS) is 10.8. The molecule has 0 saturated carbocycles. The molecule has 29 heavy (non-hydrogen) atoms. The fourth-order valence-corrected chi connectivity index (χ4v) is 4.27. The lowest BCUT2D eigenvalue weighted by Gasteiger charge is -2.07. The van der Waals surface area contributed by atoms with Crippen LogP contribution in [0.5, 0.6) is 0 Å². The van der Waals surface area contributed by atoms with E-state index in [4.69, 9.17) is 0 Å². The summed E-state index contributed by atoms with van der Waals surface area (Å²) in [5.41, 5.74) is 4.03. The molecule has 0 N–H and O–H groups in total. The van der Waals surface area contributed by atoms with Gasteiger partial charge in [0.05, 0.1) is 33.0 Å². The van der Waals surface area contributed by atoms with E-state index in [9.17, 15) is 0 Å². The van der Waals surface area contributed by atoms with Crippen molar-refractivity contribution in [2.24, 2.45) is 0 Å². The Kier molecular flexibility index (Phi) is 4.51. The largest absolute Gasteiger partial charge is 0.261 e. The van der Waals surface area contributed by atoms with Crippen LogP contribution in [-0.2, 0) is 0 Å². The van der Waals surface area contributed by atoms with Gasteiger partial charge in [-0.2, -0.15) is 10.2 Å². The molecule has 8 heteroatoms. The summed E-state index contributed by atoms with van der Waals surface area (Å²) in [6, 6.07) is 11.4. The molecule has 0 amide bonds. The lowest BCUT2D eigenvalue weighted by molar-refractivity contribution is 1.04. The van der Waals surface area contributed by atoms with Crippen LogP contribution in [0.4, 0.5) is 0 Å². The minimum Gasteiger partial charge on any atom is -0.261 e. The van der Waals surface area contributed by atoms with Crippen molar-refractivity contribution in [2.75, 3.05) is 0 Å². The first-order valence-electron chi connectivity index (χ1n) is 8.82. The van der Waals surface area contributed by atoms with Gasteiger partial charge in [0.1, 0.15) is 0 Å². The van der Waals surface area contributed by atoms with E-state index in [-0.39, 0.29) is 0 Å². The maximum absolute atomic E-state index is 4.56. The molecule has 0 fully saturated rings. The summed E-state index contributed by atoms with van der Waals surface area (Å²) in [4.78, 5) is 24.2. The highest BCUT2D eigenvalue weighted by atomic mass is 32.1. The van der Waals surface area contributed by atoms with E-state index in [2.05, 4.69) is 35.1 Å². The molecule has 0 spiro atoms. The molecule has 5 rings (SSSR count). The molecule has 0 bridgehead atoms. The lowest BCUT2D eigenvalue weighted by Crippen LogP contribution is -1.94. The molecule has 0 radical (unpaired) electrons. The molecule has 0 aliphatic carbocycles. The van der Waals surface area contributed by atoms with Crippen molar-refractivity contribution < 1.29 is 0 Å². The molecule has 0 aliphatic heterocycles. The van der Waals surface area contributed by atoms with Crippen molar-refractivity contribution in [2.45, 2.75) is 0 Å².